The van der Waals surface area contributed by atoms with Gasteiger partial charge in [-0.25, -0.2) is 19.7 Å². The maximum absolute atomic E-state index is 12.7. The van der Waals surface area contributed by atoms with Crippen molar-refractivity contribution in [1.29, 1.82) is 0 Å². The molecule has 1 unspecified atom stereocenters. The second-order valence-corrected chi connectivity index (χ2v) is 12.0. The minimum absolute atomic E-state index is 0.0524. The van der Waals surface area contributed by atoms with E-state index in [0.717, 1.165) is 29.2 Å². The fraction of sp³-hybridized carbons (Fsp3) is 0.394. The van der Waals surface area contributed by atoms with Crippen molar-refractivity contribution >= 4 is 28.5 Å². The Morgan fingerprint density at radius 1 is 1.02 bits per heavy atom. The lowest BCUT2D eigenvalue weighted by atomic mass is 10.0. The number of carbonyl (C=O) groups excluding carboxylic acids is 1. The molecule has 1 fully saturated rings. The van der Waals surface area contributed by atoms with Crippen LogP contribution in [-0.2, 0) is 4.74 Å². The molecule has 12 heteroatoms. The molecule has 2 aromatic heterocycles. The number of nitrogens with one attached hydrogen (secondary N) is 2. The van der Waals surface area contributed by atoms with E-state index < -0.39 is 18.2 Å². The third-order valence-electron chi connectivity index (χ3n) is 7.24. The molecule has 1 aliphatic rings. The number of amides is 1. The van der Waals surface area contributed by atoms with E-state index in [2.05, 4.69) is 20.6 Å². The zero-order chi connectivity index (χ0) is 32.2. The summed E-state index contributed by atoms with van der Waals surface area (Å²) in [6, 6.07) is 14.5. The molecular weight excluding hydrogens is 585 g/mol. The van der Waals surface area contributed by atoms with Crippen LogP contribution in [0.5, 0.6) is 11.6 Å². The van der Waals surface area contributed by atoms with Crippen molar-refractivity contribution in [1.82, 2.24) is 19.9 Å². The van der Waals surface area contributed by atoms with Crippen LogP contribution in [0.2, 0.25) is 0 Å². The van der Waals surface area contributed by atoms with E-state index in [-0.39, 0.29) is 18.7 Å². The van der Waals surface area contributed by atoms with Gasteiger partial charge in [0.1, 0.15) is 11.4 Å². The number of likely N-dealkylation sites (tertiary alicyclic amines) is 1. The molecule has 5 rings (SSSR count). The number of alkyl halides is 3. The normalized spacial score (nSPS) is 15.5. The lowest BCUT2D eigenvalue weighted by Crippen LogP contribution is -2.47. The molecule has 0 bridgehead atoms. The first-order chi connectivity index (χ1) is 21.4. The molecule has 1 amide bonds. The lowest BCUT2D eigenvalue weighted by molar-refractivity contribution is -0.131. The number of nitrogens with zero attached hydrogens (tertiary/aromatic N) is 4. The third-order valence-corrected chi connectivity index (χ3v) is 7.24. The standard InChI is InChI=1S/C33H37F3N6O3/c1-21-12-13-23-24(9-5-11-26(23)37-18-15-33(34,35)36)28(21)44-29-25(10-6-16-38-29)27-14-17-39-30(41-27)40-22-8-7-19-42(20-22)31(43)45-32(2,3)4/h5-6,9-14,16-17,22,37H,7-8,15,18-20H2,1-4H3,(H,39,40,41). The topological polar surface area (TPSA) is 102 Å². The third kappa shape index (κ3) is 8.31. The van der Waals surface area contributed by atoms with Crippen LogP contribution < -0.4 is 15.4 Å². The maximum atomic E-state index is 12.7. The highest BCUT2D eigenvalue weighted by Gasteiger charge is 2.28. The Morgan fingerprint density at radius 2 is 1.84 bits per heavy atom. The van der Waals surface area contributed by atoms with Crippen molar-refractivity contribution < 1.29 is 27.4 Å². The number of piperidine rings is 1. The number of hydrogen-bond acceptors (Lipinski definition) is 8. The molecule has 4 aromatic rings. The van der Waals surface area contributed by atoms with E-state index in [0.29, 0.717) is 47.6 Å². The van der Waals surface area contributed by atoms with Crippen molar-refractivity contribution in [2.45, 2.75) is 64.8 Å². The van der Waals surface area contributed by atoms with Gasteiger partial charge in [0, 0.05) is 54.5 Å². The van der Waals surface area contributed by atoms with Crippen LogP contribution in [0.25, 0.3) is 22.0 Å². The van der Waals surface area contributed by atoms with Gasteiger partial charge in [-0.15, -0.1) is 0 Å². The van der Waals surface area contributed by atoms with E-state index in [1.54, 1.807) is 41.6 Å². The molecule has 0 saturated carbocycles. The quantitative estimate of drug-likeness (QED) is 0.204. The summed E-state index contributed by atoms with van der Waals surface area (Å²) in [5, 5.41) is 7.74. The maximum Gasteiger partial charge on any atom is 0.410 e. The van der Waals surface area contributed by atoms with Crippen molar-refractivity contribution in [3.63, 3.8) is 0 Å². The number of rotatable bonds is 8. The van der Waals surface area contributed by atoms with Gasteiger partial charge < -0.3 is 25.0 Å². The van der Waals surface area contributed by atoms with Crippen LogP contribution in [0.1, 0.15) is 45.6 Å². The molecule has 0 aliphatic carbocycles. The molecule has 2 aromatic carbocycles. The van der Waals surface area contributed by atoms with Crippen LogP contribution in [0.4, 0.5) is 29.6 Å². The molecule has 238 valence electrons. The molecule has 3 heterocycles. The Morgan fingerprint density at radius 3 is 2.62 bits per heavy atom. The van der Waals surface area contributed by atoms with Gasteiger partial charge in [-0.2, -0.15) is 13.2 Å². The highest BCUT2D eigenvalue weighted by atomic mass is 19.4. The van der Waals surface area contributed by atoms with Crippen molar-refractivity contribution in [3.8, 4) is 22.9 Å². The number of aryl methyl sites for hydroxylation is 1. The number of aromatic nitrogens is 3. The first kappa shape index (κ1) is 31.8. The van der Waals surface area contributed by atoms with Crippen molar-refractivity contribution in [2.24, 2.45) is 0 Å². The fourth-order valence-corrected chi connectivity index (χ4v) is 5.18. The number of anilines is 2. The number of halogens is 3. The molecule has 0 spiro atoms. The molecule has 2 N–H and O–H groups in total. The SMILES string of the molecule is Cc1ccc2c(NCCC(F)(F)F)cccc2c1Oc1ncccc1-c1ccnc(NC2CCCN(C(=O)OC(C)(C)C)C2)n1. The minimum Gasteiger partial charge on any atom is -0.444 e. The van der Waals surface area contributed by atoms with E-state index >= 15 is 0 Å². The van der Waals surface area contributed by atoms with E-state index in [1.807, 2.05) is 52.0 Å². The number of fused-ring (bicyclic) bond motifs is 1. The summed E-state index contributed by atoms with van der Waals surface area (Å²) in [5.74, 6) is 1.28. The van der Waals surface area contributed by atoms with Gasteiger partial charge in [-0.1, -0.05) is 24.3 Å². The number of pyridine rings is 1. The van der Waals surface area contributed by atoms with Gasteiger partial charge in [0.15, 0.2) is 0 Å². The molecule has 1 atom stereocenters. The second kappa shape index (κ2) is 13.2. The monoisotopic (exact) mass is 622 g/mol. The smallest absolute Gasteiger partial charge is 0.410 e. The molecule has 0 radical (unpaired) electrons. The Balaban J connectivity index is 1.36. The van der Waals surface area contributed by atoms with Crippen molar-refractivity contribution in [2.75, 3.05) is 30.3 Å². The van der Waals surface area contributed by atoms with E-state index in [4.69, 9.17) is 14.5 Å². The summed E-state index contributed by atoms with van der Waals surface area (Å²) in [4.78, 5) is 28.0. The summed E-state index contributed by atoms with van der Waals surface area (Å²) in [6.07, 6.45) is -0.578. The van der Waals surface area contributed by atoms with Crippen molar-refractivity contribution in [3.05, 3.63) is 66.5 Å². The zero-order valence-corrected chi connectivity index (χ0v) is 25.7. The molecule has 1 saturated heterocycles. The van der Waals surface area contributed by atoms with Crippen LogP contribution in [0.3, 0.4) is 0 Å². The van der Waals surface area contributed by atoms with Gasteiger partial charge in [-0.05, 0) is 70.4 Å². The molecule has 1 aliphatic heterocycles. The predicted octanol–water partition coefficient (Wildman–Crippen LogP) is 7.97. The first-order valence-corrected chi connectivity index (χ1v) is 14.9. The summed E-state index contributed by atoms with van der Waals surface area (Å²) in [7, 11) is 0. The van der Waals surface area contributed by atoms with E-state index in [1.165, 1.54) is 0 Å². The summed E-state index contributed by atoms with van der Waals surface area (Å²) in [5.41, 5.74) is 2.07. The van der Waals surface area contributed by atoms with Gasteiger partial charge in [0.25, 0.3) is 0 Å². The van der Waals surface area contributed by atoms with Crippen LogP contribution in [0, 0.1) is 6.92 Å². The second-order valence-electron chi connectivity index (χ2n) is 12.0. The zero-order valence-electron chi connectivity index (χ0n) is 25.7. The average Bonchev–Trinajstić information content (AvgIpc) is 2.98. The Kier molecular flexibility index (Phi) is 9.31. The molecule has 45 heavy (non-hydrogen) atoms. The van der Waals surface area contributed by atoms with E-state index in [9.17, 15) is 18.0 Å². The van der Waals surface area contributed by atoms with Gasteiger partial charge in [-0.3, -0.25) is 0 Å². The van der Waals surface area contributed by atoms with Crippen LogP contribution in [0.15, 0.2) is 60.9 Å². The Hall–Kier alpha value is -4.61. The Labute approximate surface area is 260 Å². The Bertz CT molecular complexity index is 1660. The minimum atomic E-state index is -4.24. The largest absolute Gasteiger partial charge is 0.444 e. The van der Waals surface area contributed by atoms with Gasteiger partial charge in [0.05, 0.1) is 17.7 Å². The lowest BCUT2D eigenvalue weighted by Gasteiger charge is -2.34. The number of ether oxygens (including phenoxy) is 2. The summed E-state index contributed by atoms with van der Waals surface area (Å²) >= 11 is 0. The number of carbonyl (C=O) groups is 1. The highest BCUT2D eigenvalue weighted by Crippen LogP contribution is 2.38. The van der Waals surface area contributed by atoms with Gasteiger partial charge in [0.2, 0.25) is 11.8 Å². The average molecular weight is 623 g/mol. The highest BCUT2D eigenvalue weighted by molar-refractivity contribution is 5.98. The summed E-state index contributed by atoms with van der Waals surface area (Å²) in [6.45, 7) is 8.30. The summed E-state index contributed by atoms with van der Waals surface area (Å²) < 4.78 is 50.2. The predicted molar refractivity (Wildman–Crippen MR) is 168 cm³/mol. The first-order valence-electron chi connectivity index (χ1n) is 14.9. The van der Waals surface area contributed by atoms with Crippen LogP contribution in [-0.4, -0.2) is 63.4 Å². The number of benzene rings is 2. The number of hydrogen-bond donors (Lipinski definition) is 2. The van der Waals surface area contributed by atoms with Gasteiger partial charge >= 0.3 is 12.3 Å². The molecule has 9 nitrogen and oxygen atoms in total. The van der Waals surface area contributed by atoms with Crippen LogP contribution >= 0.6 is 0 Å². The molecular formula is C33H37F3N6O3. The fourth-order valence-electron chi connectivity index (χ4n) is 5.18.